The number of aromatic nitrogens is 2. The van der Waals surface area contributed by atoms with Gasteiger partial charge in [0.2, 0.25) is 0 Å². The summed E-state index contributed by atoms with van der Waals surface area (Å²) in [5.74, 6) is 0. The van der Waals surface area contributed by atoms with E-state index in [-0.39, 0.29) is 0 Å². The van der Waals surface area contributed by atoms with Crippen molar-refractivity contribution in [1.29, 1.82) is 0 Å². The molecule has 5 rings (SSSR count). The van der Waals surface area contributed by atoms with Crippen molar-refractivity contribution < 1.29 is 5.11 Å². The van der Waals surface area contributed by atoms with Crippen LogP contribution in [0.15, 0.2) is 121 Å². The second-order valence-electron chi connectivity index (χ2n) is 8.54. The van der Waals surface area contributed by atoms with E-state index in [2.05, 4.69) is 107 Å². The van der Waals surface area contributed by atoms with Crippen molar-refractivity contribution >= 4 is 0 Å². The lowest BCUT2D eigenvalue weighted by Crippen LogP contribution is -2.53. The normalized spacial score (nSPS) is 18.5. The summed E-state index contributed by atoms with van der Waals surface area (Å²) in [5.41, 5.74) is 4.26. The van der Waals surface area contributed by atoms with Gasteiger partial charge in [0.15, 0.2) is 0 Å². The topological polar surface area (TPSA) is 41.3 Å². The van der Waals surface area contributed by atoms with Crippen molar-refractivity contribution in [3.8, 4) is 0 Å². The Morgan fingerprint density at radius 2 is 1.36 bits per heavy atom. The zero-order chi connectivity index (χ0) is 22.5. The van der Waals surface area contributed by atoms with Gasteiger partial charge in [0.25, 0.3) is 0 Å². The highest BCUT2D eigenvalue weighted by molar-refractivity contribution is 5.50. The van der Waals surface area contributed by atoms with E-state index >= 15 is 0 Å². The van der Waals surface area contributed by atoms with Crippen LogP contribution in [0.4, 0.5) is 0 Å². The van der Waals surface area contributed by atoms with E-state index in [1.165, 1.54) is 16.7 Å². The molecule has 1 saturated heterocycles. The first-order valence-corrected chi connectivity index (χ1v) is 11.5. The van der Waals surface area contributed by atoms with Crippen molar-refractivity contribution in [2.45, 2.75) is 24.6 Å². The van der Waals surface area contributed by atoms with Crippen LogP contribution in [-0.2, 0) is 12.1 Å². The van der Waals surface area contributed by atoms with E-state index in [9.17, 15) is 5.11 Å². The van der Waals surface area contributed by atoms with E-state index in [4.69, 9.17) is 0 Å². The Labute approximate surface area is 195 Å². The van der Waals surface area contributed by atoms with Crippen LogP contribution in [0.3, 0.4) is 0 Å². The molecule has 1 fully saturated rings. The number of aliphatic hydroxyl groups excluding tert-OH is 1. The quantitative estimate of drug-likeness (QED) is 0.347. The van der Waals surface area contributed by atoms with Crippen LogP contribution in [0, 0.1) is 0 Å². The molecule has 33 heavy (non-hydrogen) atoms. The van der Waals surface area contributed by atoms with E-state index in [0.717, 1.165) is 12.1 Å². The summed E-state index contributed by atoms with van der Waals surface area (Å²) >= 11 is 0. The Morgan fingerprint density at radius 1 is 0.818 bits per heavy atom. The molecule has 1 aliphatic heterocycles. The molecule has 2 heterocycles. The molecular weight excluding hydrogens is 406 g/mol. The number of hydrogen-bond acceptors (Lipinski definition) is 3. The Bertz CT molecular complexity index is 1070. The molecule has 4 heteroatoms. The van der Waals surface area contributed by atoms with Crippen LogP contribution in [-0.4, -0.2) is 39.0 Å². The first-order valence-electron chi connectivity index (χ1n) is 11.5. The molecule has 4 aromatic rings. The molecule has 0 aliphatic carbocycles. The maximum atomic E-state index is 10.9. The Kier molecular flexibility index (Phi) is 6.20. The number of rotatable bonds is 6. The lowest BCUT2D eigenvalue weighted by molar-refractivity contribution is 0.0856. The van der Waals surface area contributed by atoms with Crippen molar-refractivity contribution in [1.82, 2.24) is 14.7 Å². The number of piperidine rings is 1. The van der Waals surface area contributed by atoms with E-state index in [1.54, 1.807) is 6.20 Å². The Balaban J connectivity index is 1.65. The van der Waals surface area contributed by atoms with Gasteiger partial charge >= 0.3 is 0 Å². The number of hydrogen-bond donors (Lipinski definition) is 1. The molecule has 0 radical (unpaired) electrons. The number of aliphatic hydroxyl groups is 1. The van der Waals surface area contributed by atoms with Gasteiger partial charge in [-0.3, -0.25) is 9.58 Å². The minimum Gasteiger partial charge on any atom is -0.389 e. The summed E-state index contributed by atoms with van der Waals surface area (Å²) < 4.78 is 1.89. The van der Waals surface area contributed by atoms with Crippen LogP contribution < -0.4 is 0 Å². The molecule has 3 aromatic carbocycles. The van der Waals surface area contributed by atoms with Crippen LogP contribution >= 0.6 is 0 Å². The molecule has 1 unspecified atom stereocenters. The highest BCUT2D eigenvalue weighted by Crippen LogP contribution is 2.44. The maximum absolute atomic E-state index is 10.9. The van der Waals surface area contributed by atoms with Gasteiger partial charge in [0, 0.05) is 25.5 Å². The van der Waals surface area contributed by atoms with Gasteiger partial charge in [0.05, 0.1) is 18.2 Å². The average Bonchev–Trinajstić information content (AvgIpc) is 3.40. The lowest BCUT2D eigenvalue weighted by atomic mass is 9.74. The van der Waals surface area contributed by atoms with Crippen molar-refractivity contribution in [3.63, 3.8) is 0 Å². The number of nitrogens with zero attached hydrogens (tertiary/aromatic N) is 3. The van der Waals surface area contributed by atoms with E-state index < -0.39 is 11.6 Å². The minimum absolute atomic E-state index is 0.433. The second-order valence-corrected chi connectivity index (χ2v) is 8.54. The summed E-state index contributed by atoms with van der Waals surface area (Å²) in [4.78, 5) is 2.52. The molecule has 4 nitrogen and oxygen atoms in total. The fourth-order valence-electron chi connectivity index (χ4n) is 5.06. The molecule has 1 aliphatic rings. The van der Waals surface area contributed by atoms with Crippen LogP contribution in [0.2, 0.25) is 0 Å². The number of allylic oxidation sites excluding steroid dienone is 1. The van der Waals surface area contributed by atoms with Gasteiger partial charge in [-0.25, -0.2) is 0 Å². The molecule has 166 valence electrons. The van der Waals surface area contributed by atoms with Crippen molar-refractivity contribution in [2.75, 3.05) is 13.1 Å². The highest BCUT2D eigenvalue weighted by atomic mass is 16.3. The number of benzene rings is 3. The second kappa shape index (κ2) is 9.57. The van der Waals surface area contributed by atoms with Crippen molar-refractivity contribution in [3.05, 3.63) is 138 Å². The van der Waals surface area contributed by atoms with Gasteiger partial charge < -0.3 is 5.11 Å². The first-order chi connectivity index (χ1) is 16.3. The SMILES string of the molecule is OC1CCN(C(c2ccccc2)(c2ccccc2)c2ccccc2)C/C1=C/Cn1cccn1. The van der Waals surface area contributed by atoms with Crippen LogP contribution in [0.1, 0.15) is 23.1 Å². The summed E-state index contributed by atoms with van der Waals surface area (Å²) in [5, 5.41) is 15.2. The summed E-state index contributed by atoms with van der Waals surface area (Å²) in [6, 6.07) is 34.1. The van der Waals surface area contributed by atoms with E-state index in [0.29, 0.717) is 19.5 Å². The Hall–Kier alpha value is -3.47. The van der Waals surface area contributed by atoms with Crippen LogP contribution in [0.5, 0.6) is 0 Å². The molecule has 1 N–H and O–H groups in total. The molecule has 1 atom stereocenters. The minimum atomic E-state index is -0.464. The zero-order valence-corrected chi connectivity index (χ0v) is 18.7. The average molecular weight is 436 g/mol. The van der Waals surface area contributed by atoms with E-state index in [1.807, 2.05) is 16.9 Å². The molecule has 0 bridgehead atoms. The third-order valence-electron chi connectivity index (χ3n) is 6.62. The molecular formula is C29H29N3O. The molecule has 0 saturated carbocycles. The Morgan fingerprint density at radius 3 is 1.85 bits per heavy atom. The zero-order valence-electron chi connectivity index (χ0n) is 18.7. The smallest absolute Gasteiger partial charge is 0.0975 e. The summed E-state index contributed by atoms with van der Waals surface area (Å²) in [6.45, 7) is 2.13. The van der Waals surface area contributed by atoms with Gasteiger partial charge in [-0.1, -0.05) is 97.1 Å². The first kappa shape index (κ1) is 21.4. The molecule has 0 spiro atoms. The molecule has 1 aromatic heterocycles. The molecule has 0 amide bonds. The lowest BCUT2D eigenvalue weighted by Gasteiger charge is -2.48. The van der Waals surface area contributed by atoms with Gasteiger partial charge in [0.1, 0.15) is 0 Å². The van der Waals surface area contributed by atoms with Crippen molar-refractivity contribution in [2.24, 2.45) is 0 Å². The predicted molar refractivity (Wildman–Crippen MR) is 132 cm³/mol. The van der Waals surface area contributed by atoms with Gasteiger partial charge in [-0.2, -0.15) is 5.10 Å². The third-order valence-corrected chi connectivity index (χ3v) is 6.62. The number of likely N-dealkylation sites (tertiary alicyclic amines) is 1. The highest BCUT2D eigenvalue weighted by Gasteiger charge is 2.44. The summed E-state index contributed by atoms with van der Waals surface area (Å²) in [6.07, 6.45) is 6.13. The fourth-order valence-corrected chi connectivity index (χ4v) is 5.06. The van der Waals surface area contributed by atoms with Gasteiger partial charge in [-0.15, -0.1) is 0 Å². The van der Waals surface area contributed by atoms with Crippen LogP contribution in [0.25, 0.3) is 0 Å². The largest absolute Gasteiger partial charge is 0.389 e. The third kappa shape index (κ3) is 4.15. The monoisotopic (exact) mass is 435 g/mol. The predicted octanol–water partition coefficient (Wildman–Crippen LogP) is 4.87. The summed E-state index contributed by atoms with van der Waals surface area (Å²) in [7, 11) is 0. The standard InChI is InChI=1S/C29H29N3O/c33-28-18-21-31(23-24(28)17-22-32-20-10-19-30-32)29(25-11-4-1-5-12-25,26-13-6-2-7-14-26)27-15-8-3-9-16-27/h1-17,19-20,28,33H,18,21-23H2/b24-17-. The maximum Gasteiger partial charge on any atom is 0.0975 e. The fraction of sp³-hybridized carbons (Fsp3) is 0.207. The van der Waals surface area contributed by atoms with Gasteiger partial charge in [-0.05, 0) is 34.8 Å².